The fourth-order valence-electron chi connectivity index (χ4n) is 9.08. The van der Waals surface area contributed by atoms with Crippen LogP contribution in [0.2, 0.25) is 0 Å². The van der Waals surface area contributed by atoms with Crippen LogP contribution in [-0.2, 0) is 0 Å². The summed E-state index contributed by atoms with van der Waals surface area (Å²) in [6.45, 7) is 0. The lowest BCUT2D eigenvalue weighted by atomic mass is 9.99. The fraction of sp³-hybridized carbons (Fsp3) is 0. The van der Waals surface area contributed by atoms with E-state index in [-0.39, 0.29) is 0 Å². The maximum Gasteiger partial charge on any atom is 0.180 e. The Morgan fingerprint density at radius 1 is 0.464 bits per heavy atom. The maximum atomic E-state index is 6.60. The molecule has 0 fully saturated rings. The van der Waals surface area contributed by atoms with Crippen LogP contribution < -0.4 is 0 Å². The van der Waals surface area contributed by atoms with Gasteiger partial charge in [-0.05, 0) is 77.2 Å². The minimum Gasteiger partial charge on any atom is -0.452 e. The van der Waals surface area contributed by atoms with E-state index in [2.05, 4.69) is 142 Å². The average molecular weight is 733 g/mol. The molecular formula is C50H28N4OS. The molecule has 0 amide bonds. The largest absolute Gasteiger partial charge is 0.452 e. The van der Waals surface area contributed by atoms with E-state index in [1.165, 1.54) is 59.3 Å². The smallest absolute Gasteiger partial charge is 0.180 e. The first-order valence-corrected chi connectivity index (χ1v) is 19.7. The predicted molar refractivity (Wildman–Crippen MR) is 232 cm³/mol. The summed E-state index contributed by atoms with van der Waals surface area (Å²) in [4.78, 5) is 10.2. The first-order valence-electron chi connectivity index (χ1n) is 18.8. The van der Waals surface area contributed by atoms with Gasteiger partial charge in [-0.3, -0.25) is 0 Å². The highest BCUT2D eigenvalue weighted by Gasteiger charge is 2.22. The number of rotatable bonds is 4. The first kappa shape index (κ1) is 30.1. The second kappa shape index (κ2) is 11.1. The number of para-hydroxylation sites is 2. The van der Waals surface area contributed by atoms with Crippen molar-refractivity contribution < 1.29 is 4.42 Å². The topological polar surface area (TPSA) is 48.3 Å². The van der Waals surface area contributed by atoms with Crippen molar-refractivity contribution in [3.05, 3.63) is 169 Å². The molecule has 5 nitrogen and oxygen atoms in total. The Hall–Kier alpha value is -7.28. The van der Waals surface area contributed by atoms with Gasteiger partial charge < -0.3 is 13.4 Å². The van der Waals surface area contributed by atoms with Crippen molar-refractivity contribution in [2.75, 3.05) is 0 Å². The van der Waals surface area contributed by atoms with Crippen molar-refractivity contribution in [3.8, 4) is 39.5 Å². The minimum atomic E-state index is 0.672. The molecule has 0 aliphatic rings. The number of hydrogen-bond donors (Lipinski definition) is 0. The molecule has 0 saturated heterocycles. The van der Waals surface area contributed by atoms with Crippen molar-refractivity contribution in [1.29, 1.82) is 0 Å². The molecule has 6 aromatic heterocycles. The van der Waals surface area contributed by atoms with Crippen molar-refractivity contribution in [3.63, 3.8) is 0 Å². The maximum absolute atomic E-state index is 6.60. The molecule has 7 aromatic carbocycles. The second-order valence-corrected chi connectivity index (χ2v) is 15.5. The van der Waals surface area contributed by atoms with Crippen LogP contribution in [0.1, 0.15) is 0 Å². The van der Waals surface area contributed by atoms with Gasteiger partial charge in [0.2, 0.25) is 0 Å². The van der Waals surface area contributed by atoms with Gasteiger partial charge in [-0.15, -0.1) is 11.3 Å². The van der Waals surface area contributed by atoms with E-state index >= 15 is 0 Å². The van der Waals surface area contributed by atoms with E-state index in [1.807, 2.05) is 47.7 Å². The zero-order chi connectivity index (χ0) is 36.5. The van der Waals surface area contributed by atoms with Gasteiger partial charge in [0.15, 0.2) is 11.4 Å². The number of hydrogen-bond acceptors (Lipinski definition) is 4. The second-order valence-electron chi connectivity index (χ2n) is 14.6. The van der Waals surface area contributed by atoms with Crippen LogP contribution in [0.5, 0.6) is 0 Å². The molecule has 0 unspecified atom stereocenters. The van der Waals surface area contributed by atoms with Crippen LogP contribution in [0.4, 0.5) is 0 Å². The highest BCUT2D eigenvalue weighted by atomic mass is 32.1. The average Bonchev–Trinajstić information content (AvgIpc) is 4.08. The molecule has 0 atom stereocenters. The third kappa shape index (κ3) is 4.08. The molecule has 0 bridgehead atoms. The van der Waals surface area contributed by atoms with Crippen molar-refractivity contribution >= 4 is 92.6 Å². The summed E-state index contributed by atoms with van der Waals surface area (Å²) in [6.07, 6.45) is 0. The quantitative estimate of drug-likeness (QED) is 0.181. The molecule has 0 N–H and O–H groups in total. The highest BCUT2D eigenvalue weighted by molar-refractivity contribution is 7.18. The van der Waals surface area contributed by atoms with E-state index in [0.717, 1.165) is 50.0 Å². The van der Waals surface area contributed by atoms with Crippen molar-refractivity contribution in [2.45, 2.75) is 0 Å². The molecule has 0 aliphatic heterocycles. The molecule has 0 spiro atoms. The monoisotopic (exact) mass is 732 g/mol. The molecule has 6 heteroatoms. The van der Waals surface area contributed by atoms with Crippen LogP contribution >= 0.6 is 11.3 Å². The number of aromatic nitrogens is 4. The van der Waals surface area contributed by atoms with Gasteiger partial charge in [-0.2, -0.15) is 0 Å². The number of thiophene rings is 1. The summed E-state index contributed by atoms with van der Waals surface area (Å²) in [6, 6.07) is 58.4. The van der Waals surface area contributed by atoms with Crippen molar-refractivity contribution in [1.82, 2.24) is 18.9 Å². The first-order chi connectivity index (χ1) is 27.8. The molecule has 0 radical (unpaired) electrons. The molecular weight excluding hydrogens is 705 g/mol. The summed E-state index contributed by atoms with van der Waals surface area (Å²) < 4.78 is 12.8. The van der Waals surface area contributed by atoms with Gasteiger partial charge in [0.1, 0.15) is 16.8 Å². The van der Waals surface area contributed by atoms with Gasteiger partial charge in [0, 0.05) is 49.1 Å². The van der Waals surface area contributed by atoms with Crippen molar-refractivity contribution in [2.24, 2.45) is 0 Å². The predicted octanol–water partition coefficient (Wildman–Crippen LogP) is 13.7. The molecule has 0 aliphatic carbocycles. The van der Waals surface area contributed by atoms with Gasteiger partial charge in [-0.25, -0.2) is 9.97 Å². The molecule has 0 saturated carbocycles. The Labute approximate surface area is 323 Å². The third-order valence-electron chi connectivity index (χ3n) is 11.5. The lowest BCUT2D eigenvalue weighted by molar-refractivity contribution is 0.667. The minimum absolute atomic E-state index is 0.672. The molecule has 6 heterocycles. The molecule has 56 heavy (non-hydrogen) atoms. The van der Waals surface area contributed by atoms with E-state index in [0.29, 0.717) is 11.4 Å². The Bertz CT molecular complexity index is 3700. The van der Waals surface area contributed by atoms with Gasteiger partial charge in [0.25, 0.3) is 0 Å². The summed E-state index contributed by atoms with van der Waals surface area (Å²) in [7, 11) is 0. The number of nitrogens with zero attached hydrogens (tertiary/aromatic N) is 4. The Morgan fingerprint density at radius 3 is 2.00 bits per heavy atom. The van der Waals surface area contributed by atoms with Gasteiger partial charge in [-0.1, -0.05) is 103 Å². The van der Waals surface area contributed by atoms with E-state index < -0.39 is 0 Å². The van der Waals surface area contributed by atoms with Crippen LogP contribution in [0, 0.1) is 0 Å². The number of fused-ring (bicyclic) bond motifs is 12. The van der Waals surface area contributed by atoms with Crippen LogP contribution in [0.15, 0.2) is 174 Å². The normalized spacial score (nSPS) is 12.3. The number of benzene rings is 7. The summed E-state index contributed by atoms with van der Waals surface area (Å²) >= 11 is 1.83. The zero-order valence-electron chi connectivity index (χ0n) is 29.8. The Balaban J connectivity index is 1.03. The SMILES string of the molecule is c1ccc(-c2nc(-c3ccccc3)c3oc4ccc(-n5c6ccccc6c6cc(-c7cc8c9ccccc9n9c%10ccsc%10c(c7)c89)ccc65)cc4c3n2)cc1. The molecule has 260 valence electrons. The van der Waals surface area contributed by atoms with Crippen LogP contribution in [0.25, 0.3) is 121 Å². The molecule has 13 aromatic rings. The summed E-state index contributed by atoms with van der Waals surface area (Å²) in [5.74, 6) is 0.672. The Morgan fingerprint density at radius 2 is 1.16 bits per heavy atom. The van der Waals surface area contributed by atoms with Gasteiger partial charge >= 0.3 is 0 Å². The zero-order valence-corrected chi connectivity index (χ0v) is 30.6. The standard InChI is InChI=1S/C50H28N4OS/c1-3-11-29(12-4-1)45-48-46(52-50(51-45)30-13-5-2-6-14-30)38-28-33(20-22-44(38)55-48)53-40-17-9-7-15-34(40)36-25-31(19-21-42(36)53)32-26-37-35-16-8-10-18-41(35)54-43-23-24-56-49(43)39(27-32)47(37)54/h1-28H. The van der Waals surface area contributed by atoms with E-state index in [9.17, 15) is 0 Å². The van der Waals surface area contributed by atoms with Crippen LogP contribution in [-0.4, -0.2) is 18.9 Å². The Kier molecular flexibility index (Phi) is 5.98. The van der Waals surface area contributed by atoms with Gasteiger partial charge in [0.05, 0.1) is 32.3 Å². The number of furan rings is 1. The fourth-order valence-corrected chi connectivity index (χ4v) is 9.97. The third-order valence-corrected chi connectivity index (χ3v) is 12.5. The summed E-state index contributed by atoms with van der Waals surface area (Å²) in [5.41, 5.74) is 14.6. The highest BCUT2D eigenvalue weighted by Crippen LogP contribution is 2.45. The lowest BCUT2D eigenvalue weighted by Gasteiger charge is -2.09. The van der Waals surface area contributed by atoms with E-state index in [1.54, 1.807) is 0 Å². The lowest BCUT2D eigenvalue weighted by Crippen LogP contribution is -1.95. The van der Waals surface area contributed by atoms with E-state index in [4.69, 9.17) is 14.4 Å². The molecule has 13 rings (SSSR count). The van der Waals surface area contributed by atoms with Crippen LogP contribution in [0.3, 0.4) is 0 Å². The summed E-state index contributed by atoms with van der Waals surface area (Å²) in [5, 5.41) is 9.50.